The van der Waals surface area contributed by atoms with Gasteiger partial charge in [-0.1, -0.05) is 29.8 Å². The Bertz CT molecular complexity index is 1360. The van der Waals surface area contributed by atoms with Gasteiger partial charge in [0.05, 0.1) is 0 Å². The van der Waals surface area contributed by atoms with Gasteiger partial charge in [-0.25, -0.2) is 9.18 Å². The number of nitrogens with one attached hydrogen (secondary N) is 1. The molecule has 1 aromatic heterocycles. The summed E-state index contributed by atoms with van der Waals surface area (Å²) in [7, 11) is 0. The summed E-state index contributed by atoms with van der Waals surface area (Å²) >= 11 is 5.96. The van der Waals surface area contributed by atoms with Crippen LogP contribution in [-0.2, 0) is 4.79 Å². The van der Waals surface area contributed by atoms with E-state index < -0.39 is 23.8 Å². The highest BCUT2D eigenvalue weighted by atomic mass is 35.5. The van der Waals surface area contributed by atoms with Gasteiger partial charge in [-0.05, 0) is 60.7 Å². The third-order valence-corrected chi connectivity index (χ3v) is 5.57. The largest absolute Gasteiger partial charge is 0.618 e. The zero-order valence-electron chi connectivity index (χ0n) is 18.3. The van der Waals surface area contributed by atoms with E-state index in [0.717, 1.165) is 9.63 Å². The van der Waals surface area contributed by atoms with Crippen molar-refractivity contribution >= 4 is 34.9 Å². The van der Waals surface area contributed by atoms with Crippen LogP contribution in [0.4, 0.5) is 20.6 Å². The van der Waals surface area contributed by atoms with Crippen LogP contribution in [0.3, 0.4) is 0 Å². The van der Waals surface area contributed by atoms with Crippen LogP contribution >= 0.6 is 11.6 Å². The molecule has 1 atom stereocenters. The second-order valence-corrected chi connectivity index (χ2v) is 8.02. The summed E-state index contributed by atoms with van der Waals surface area (Å²) in [4.78, 5) is 26.9. The van der Waals surface area contributed by atoms with Crippen molar-refractivity contribution in [2.75, 3.05) is 10.2 Å². The first-order chi connectivity index (χ1) is 16.8. The summed E-state index contributed by atoms with van der Waals surface area (Å²) in [6.45, 7) is 0. The van der Waals surface area contributed by atoms with E-state index in [1.807, 2.05) is 0 Å². The first kappa shape index (κ1) is 23.7. The highest BCUT2D eigenvalue weighted by Gasteiger charge is 2.33. The van der Waals surface area contributed by atoms with Crippen LogP contribution < -0.4 is 20.7 Å². The topological polar surface area (TPSA) is 102 Å². The molecule has 7 nitrogen and oxygen atoms in total. The molecule has 0 aliphatic carbocycles. The van der Waals surface area contributed by atoms with Crippen molar-refractivity contribution in [3.05, 3.63) is 119 Å². The number of benzene rings is 3. The molecule has 0 saturated heterocycles. The van der Waals surface area contributed by atoms with Crippen molar-refractivity contribution < 1.29 is 18.7 Å². The Hall–Kier alpha value is -4.43. The number of nitrogens with two attached hydrogens (primary N) is 1. The normalized spacial score (nSPS) is 11.5. The summed E-state index contributed by atoms with van der Waals surface area (Å²) in [5.74, 6) is -1.36. The van der Waals surface area contributed by atoms with Gasteiger partial charge in [0.1, 0.15) is 11.9 Å². The molecule has 1 unspecified atom stereocenters. The predicted octanol–water partition coefficient (Wildman–Crippen LogP) is 5.04. The third kappa shape index (κ3) is 5.23. The fourth-order valence-corrected chi connectivity index (χ4v) is 3.81. The lowest BCUT2D eigenvalue weighted by molar-refractivity contribution is -0.593. The summed E-state index contributed by atoms with van der Waals surface area (Å²) in [5, 5.41) is 15.1. The number of nitrogens with zero attached hydrogens (tertiary/aromatic N) is 2. The smallest absolute Gasteiger partial charge is 0.320 e. The van der Waals surface area contributed by atoms with Crippen molar-refractivity contribution in [1.29, 1.82) is 0 Å². The van der Waals surface area contributed by atoms with E-state index in [4.69, 9.17) is 17.3 Å². The third-order valence-electron chi connectivity index (χ3n) is 5.32. The van der Waals surface area contributed by atoms with Gasteiger partial charge < -0.3 is 16.3 Å². The molecule has 1 heterocycles. The van der Waals surface area contributed by atoms with Gasteiger partial charge in [0.15, 0.2) is 6.20 Å². The number of urea groups is 1. The molecule has 3 amide bonds. The van der Waals surface area contributed by atoms with E-state index in [2.05, 4.69) is 5.32 Å². The van der Waals surface area contributed by atoms with Crippen LogP contribution in [0.15, 0.2) is 97.2 Å². The van der Waals surface area contributed by atoms with Gasteiger partial charge in [-0.15, -0.1) is 0 Å². The average molecular weight is 491 g/mol. The zero-order chi connectivity index (χ0) is 24.9. The number of carbonyl (C=O) groups is 2. The van der Waals surface area contributed by atoms with E-state index in [-0.39, 0.29) is 11.3 Å². The number of carbonyl (C=O) groups excluding carboxylic acids is 2. The minimum absolute atomic E-state index is 0.0351. The van der Waals surface area contributed by atoms with Gasteiger partial charge in [-0.2, -0.15) is 4.73 Å². The van der Waals surface area contributed by atoms with E-state index in [1.54, 1.807) is 48.5 Å². The fraction of sp³-hybridized carbons (Fsp3) is 0.0385. The van der Waals surface area contributed by atoms with Crippen LogP contribution in [0.25, 0.3) is 11.3 Å². The number of halogens is 2. The predicted molar refractivity (Wildman–Crippen MR) is 132 cm³/mol. The van der Waals surface area contributed by atoms with Gasteiger partial charge in [0, 0.05) is 39.7 Å². The molecule has 0 saturated carbocycles. The van der Waals surface area contributed by atoms with Gasteiger partial charge in [-0.3, -0.25) is 9.69 Å². The van der Waals surface area contributed by atoms with E-state index in [9.17, 15) is 19.2 Å². The maximum absolute atomic E-state index is 14.8. The molecule has 3 aromatic carbocycles. The standard InChI is InChI=1S/C26H20ClFN4O3/c27-18-10-14-20(15-11-18)32(26(29)34)24(21-5-1-2-6-22(21)28)25(33)30-19-12-8-17(9-13-19)23-7-3-4-16-31(23)35/h1-16,24H,(H2,29,34)(H,30,33). The molecule has 0 bridgehead atoms. The number of amides is 3. The molecule has 3 N–H and O–H groups in total. The molecule has 0 spiro atoms. The van der Waals surface area contributed by atoms with Crippen LogP contribution in [-0.4, -0.2) is 11.9 Å². The lowest BCUT2D eigenvalue weighted by atomic mass is 10.0. The Kier molecular flexibility index (Phi) is 6.93. The molecule has 0 radical (unpaired) electrons. The highest BCUT2D eigenvalue weighted by molar-refractivity contribution is 6.30. The molecular weight excluding hydrogens is 471 g/mol. The average Bonchev–Trinajstić information content (AvgIpc) is 2.84. The molecule has 0 aliphatic heterocycles. The second kappa shape index (κ2) is 10.2. The highest BCUT2D eigenvalue weighted by Crippen LogP contribution is 2.31. The van der Waals surface area contributed by atoms with Crippen LogP contribution in [0.2, 0.25) is 5.02 Å². The molecule has 0 aliphatic rings. The van der Waals surface area contributed by atoms with Crippen LogP contribution in [0.5, 0.6) is 0 Å². The van der Waals surface area contributed by atoms with E-state index in [1.165, 1.54) is 48.7 Å². The quantitative estimate of drug-likeness (QED) is 0.292. The molecule has 35 heavy (non-hydrogen) atoms. The summed E-state index contributed by atoms with van der Waals surface area (Å²) in [6.07, 6.45) is 1.39. The number of pyridine rings is 1. The Labute approximate surface area is 205 Å². The maximum Gasteiger partial charge on any atom is 0.320 e. The summed E-state index contributed by atoms with van der Waals surface area (Å²) in [5.41, 5.74) is 7.35. The SMILES string of the molecule is NC(=O)N(c1ccc(Cl)cc1)C(C(=O)Nc1ccc(-c2cccc[n+]2[O-])cc1)c1ccccc1F. The van der Waals surface area contributed by atoms with Gasteiger partial charge >= 0.3 is 6.03 Å². The first-order valence-electron chi connectivity index (χ1n) is 10.5. The van der Waals surface area contributed by atoms with Gasteiger partial charge in [0.25, 0.3) is 5.91 Å². The maximum atomic E-state index is 14.8. The van der Waals surface area contributed by atoms with Crippen molar-refractivity contribution in [1.82, 2.24) is 0 Å². The number of primary amides is 1. The molecular formula is C26H20ClFN4O3. The molecule has 4 aromatic rings. The Morgan fingerprint density at radius 3 is 2.23 bits per heavy atom. The molecule has 4 rings (SSSR count). The number of rotatable bonds is 6. The van der Waals surface area contributed by atoms with Crippen LogP contribution in [0.1, 0.15) is 11.6 Å². The fourth-order valence-electron chi connectivity index (χ4n) is 3.69. The van der Waals surface area contributed by atoms with Crippen LogP contribution in [0, 0.1) is 11.0 Å². The number of aromatic nitrogens is 1. The van der Waals surface area contributed by atoms with E-state index >= 15 is 0 Å². The van der Waals surface area contributed by atoms with Crippen molar-refractivity contribution in [3.8, 4) is 11.3 Å². The van der Waals surface area contributed by atoms with Crippen molar-refractivity contribution in [3.63, 3.8) is 0 Å². The summed E-state index contributed by atoms with van der Waals surface area (Å²) in [6, 6.07) is 21.0. The monoisotopic (exact) mass is 490 g/mol. The Morgan fingerprint density at radius 2 is 1.60 bits per heavy atom. The summed E-state index contributed by atoms with van der Waals surface area (Å²) < 4.78 is 15.5. The molecule has 9 heteroatoms. The zero-order valence-corrected chi connectivity index (χ0v) is 19.0. The Morgan fingerprint density at radius 1 is 0.943 bits per heavy atom. The van der Waals surface area contributed by atoms with E-state index in [0.29, 0.717) is 22.0 Å². The molecule has 0 fully saturated rings. The van der Waals surface area contributed by atoms with Crippen molar-refractivity contribution in [2.24, 2.45) is 5.73 Å². The number of hydrogen-bond donors (Lipinski definition) is 2. The second-order valence-electron chi connectivity index (χ2n) is 7.59. The minimum Gasteiger partial charge on any atom is -0.618 e. The number of hydrogen-bond acceptors (Lipinski definition) is 3. The number of anilines is 2. The lowest BCUT2D eigenvalue weighted by Crippen LogP contribution is -2.44. The first-order valence-corrected chi connectivity index (χ1v) is 10.9. The minimum atomic E-state index is -1.41. The van der Waals surface area contributed by atoms with Crippen molar-refractivity contribution in [2.45, 2.75) is 6.04 Å². The Balaban J connectivity index is 1.69. The van der Waals surface area contributed by atoms with Gasteiger partial charge in [0.2, 0.25) is 5.69 Å². The molecule has 176 valence electrons. The lowest BCUT2D eigenvalue weighted by Gasteiger charge is -2.30.